The molecule has 0 saturated heterocycles. The lowest BCUT2D eigenvalue weighted by atomic mass is 10.1. The summed E-state index contributed by atoms with van der Waals surface area (Å²) in [5.41, 5.74) is 1.47. The molecule has 0 spiro atoms. The van der Waals surface area contributed by atoms with Crippen LogP contribution < -0.4 is 10.5 Å². The molecular weight excluding hydrogens is 254 g/mol. The number of benzene rings is 1. The van der Waals surface area contributed by atoms with Crippen LogP contribution in [0.2, 0.25) is 0 Å². The highest BCUT2D eigenvalue weighted by Gasteiger charge is 2.08. The van der Waals surface area contributed by atoms with Gasteiger partial charge in [-0.05, 0) is 12.0 Å². The van der Waals surface area contributed by atoms with Crippen LogP contribution in [0, 0.1) is 0 Å². The maximum absolute atomic E-state index is 11.9. The molecule has 5 heteroatoms. The molecule has 5 nitrogen and oxygen atoms in total. The van der Waals surface area contributed by atoms with Crippen molar-refractivity contribution >= 4 is 5.69 Å². The van der Waals surface area contributed by atoms with E-state index in [0.29, 0.717) is 13.0 Å². The third-order valence-corrected chi connectivity index (χ3v) is 3.17. The highest BCUT2D eigenvalue weighted by atomic mass is 16.3. The summed E-state index contributed by atoms with van der Waals surface area (Å²) in [5, 5.41) is 14.2. The first-order valence-electron chi connectivity index (χ1n) is 6.55. The van der Waals surface area contributed by atoms with Gasteiger partial charge in [-0.2, -0.15) is 5.10 Å². The molecule has 1 aromatic carbocycles. The second-order valence-corrected chi connectivity index (χ2v) is 4.88. The summed E-state index contributed by atoms with van der Waals surface area (Å²) in [6.45, 7) is 0.391. The molecule has 0 fully saturated rings. The zero-order chi connectivity index (χ0) is 14.5. The average Bonchev–Trinajstić information content (AvgIpc) is 2.46. The summed E-state index contributed by atoms with van der Waals surface area (Å²) >= 11 is 0. The van der Waals surface area contributed by atoms with Crippen LogP contribution >= 0.6 is 0 Å². The number of aromatic nitrogens is 2. The molecule has 1 aromatic heterocycles. The molecule has 1 atom stereocenters. The van der Waals surface area contributed by atoms with Gasteiger partial charge in [-0.15, -0.1) is 0 Å². The summed E-state index contributed by atoms with van der Waals surface area (Å²) in [7, 11) is 3.72. The molecule has 106 valence electrons. The number of hydrogen-bond donors (Lipinski definition) is 1. The van der Waals surface area contributed by atoms with Crippen molar-refractivity contribution in [3.05, 3.63) is 58.5 Å². The Bertz CT molecular complexity index is 608. The molecule has 1 heterocycles. The monoisotopic (exact) mass is 273 g/mol. The standard InChI is InChI=1S/C15H19N3O2/c1-17(2)13-10-15(20)18(16-11-13)9-8-14(19)12-6-4-3-5-7-12/h3-7,10-11,14,19H,8-9H2,1-2H3. The minimum Gasteiger partial charge on any atom is -0.388 e. The quantitative estimate of drug-likeness (QED) is 0.895. The van der Waals surface area contributed by atoms with Crippen LogP contribution in [0.25, 0.3) is 0 Å². The lowest BCUT2D eigenvalue weighted by Crippen LogP contribution is -2.25. The van der Waals surface area contributed by atoms with Crippen molar-refractivity contribution in [2.24, 2.45) is 0 Å². The number of aliphatic hydroxyl groups excluding tert-OH is 1. The Morgan fingerprint density at radius 3 is 2.60 bits per heavy atom. The first kappa shape index (κ1) is 14.3. The van der Waals surface area contributed by atoms with Gasteiger partial charge in [0, 0.05) is 26.7 Å². The molecule has 2 aromatic rings. The molecule has 0 aliphatic rings. The minimum absolute atomic E-state index is 0.156. The van der Waals surface area contributed by atoms with Gasteiger partial charge in [0.1, 0.15) is 0 Å². The van der Waals surface area contributed by atoms with Crippen molar-refractivity contribution in [2.45, 2.75) is 19.1 Å². The third-order valence-electron chi connectivity index (χ3n) is 3.17. The highest BCUT2D eigenvalue weighted by Crippen LogP contribution is 2.16. The van der Waals surface area contributed by atoms with E-state index in [1.54, 1.807) is 12.3 Å². The fourth-order valence-corrected chi connectivity index (χ4v) is 1.92. The molecule has 0 aliphatic heterocycles. The van der Waals surface area contributed by atoms with Gasteiger partial charge in [0.05, 0.1) is 18.0 Å². The van der Waals surface area contributed by atoms with Crippen LogP contribution in [0.4, 0.5) is 5.69 Å². The molecule has 2 rings (SSSR count). The van der Waals surface area contributed by atoms with E-state index >= 15 is 0 Å². The van der Waals surface area contributed by atoms with E-state index in [0.717, 1.165) is 11.3 Å². The predicted octanol–water partition coefficient (Wildman–Crippen LogP) is 1.43. The molecule has 20 heavy (non-hydrogen) atoms. The second-order valence-electron chi connectivity index (χ2n) is 4.88. The van der Waals surface area contributed by atoms with Crippen LogP contribution in [0.15, 0.2) is 47.4 Å². The molecule has 0 aliphatic carbocycles. The number of hydrogen-bond acceptors (Lipinski definition) is 4. The fourth-order valence-electron chi connectivity index (χ4n) is 1.92. The van der Waals surface area contributed by atoms with Crippen molar-refractivity contribution in [3.8, 4) is 0 Å². The zero-order valence-corrected chi connectivity index (χ0v) is 11.7. The lowest BCUT2D eigenvalue weighted by Gasteiger charge is -2.14. The van der Waals surface area contributed by atoms with E-state index in [1.807, 2.05) is 49.3 Å². The van der Waals surface area contributed by atoms with Gasteiger partial charge in [0.25, 0.3) is 5.56 Å². The molecule has 0 radical (unpaired) electrons. The van der Waals surface area contributed by atoms with Crippen LogP contribution in [0.1, 0.15) is 18.1 Å². The Labute approximate surface area is 118 Å². The largest absolute Gasteiger partial charge is 0.388 e. The van der Waals surface area contributed by atoms with E-state index in [9.17, 15) is 9.90 Å². The fraction of sp³-hybridized carbons (Fsp3) is 0.333. The van der Waals surface area contributed by atoms with Gasteiger partial charge in [-0.1, -0.05) is 30.3 Å². The van der Waals surface area contributed by atoms with E-state index < -0.39 is 6.10 Å². The number of anilines is 1. The Morgan fingerprint density at radius 2 is 2.00 bits per heavy atom. The molecule has 1 unspecified atom stereocenters. The number of nitrogens with zero attached hydrogens (tertiary/aromatic N) is 3. The van der Waals surface area contributed by atoms with Gasteiger partial charge in [0.2, 0.25) is 0 Å². The molecular formula is C15H19N3O2. The van der Waals surface area contributed by atoms with Crippen molar-refractivity contribution in [3.63, 3.8) is 0 Å². The smallest absolute Gasteiger partial charge is 0.268 e. The first-order valence-corrected chi connectivity index (χ1v) is 6.55. The molecule has 0 bridgehead atoms. The summed E-state index contributed by atoms with van der Waals surface area (Å²) in [5.74, 6) is 0. The van der Waals surface area contributed by atoms with Crippen molar-refractivity contribution in [1.82, 2.24) is 9.78 Å². The Morgan fingerprint density at radius 1 is 1.30 bits per heavy atom. The normalized spacial score (nSPS) is 12.2. The van der Waals surface area contributed by atoms with Gasteiger partial charge < -0.3 is 10.0 Å². The number of aryl methyl sites for hydroxylation is 1. The molecule has 0 saturated carbocycles. The SMILES string of the molecule is CN(C)c1cnn(CCC(O)c2ccccc2)c(=O)c1. The van der Waals surface area contributed by atoms with Crippen LogP contribution in [-0.2, 0) is 6.54 Å². The van der Waals surface area contributed by atoms with Gasteiger partial charge in [-0.3, -0.25) is 4.79 Å². The first-order chi connectivity index (χ1) is 9.58. The minimum atomic E-state index is -0.585. The van der Waals surface area contributed by atoms with Crippen LogP contribution in [0.5, 0.6) is 0 Å². The zero-order valence-electron chi connectivity index (χ0n) is 11.7. The Hall–Kier alpha value is -2.14. The van der Waals surface area contributed by atoms with Gasteiger partial charge in [0.15, 0.2) is 0 Å². The van der Waals surface area contributed by atoms with Crippen molar-refractivity contribution in [2.75, 3.05) is 19.0 Å². The van der Waals surface area contributed by atoms with Crippen LogP contribution in [-0.4, -0.2) is 29.0 Å². The van der Waals surface area contributed by atoms with E-state index in [2.05, 4.69) is 5.10 Å². The summed E-state index contributed by atoms with van der Waals surface area (Å²) in [6.07, 6.45) is 1.52. The third kappa shape index (κ3) is 3.45. The Balaban J connectivity index is 2.03. The maximum atomic E-state index is 11.9. The van der Waals surface area contributed by atoms with E-state index in [4.69, 9.17) is 0 Å². The van der Waals surface area contributed by atoms with Crippen LogP contribution in [0.3, 0.4) is 0 Å². The number of aliphatic hydroxyl groups is 1. The molecule has 1 N–H and O–H groups in total. The van der Waals surface area contributed by atoms with E-state index in [-0.39, 0.29) is 5.56 Å². The average molecular weight is 273 g/mol. The number of rotatable bonds is 5. The van der Waals surface area contributed by atoms with Gasteiger partial charge in [-0.25, -0.2) is 4.68 Å². The molecule has 0 amide bonds. The summed E-state index contributed by atoms with van der Waals surface area (Å²) < 4.78 is 1.37. The second kappa shape index (κ2) is 6.34. The predicted molar refractivity (Wildman–Crippen MR) is 78.8 cm³/mol. The summed E-state index contributed by atoms with van der Waals surface area (Å²) in [4.78, 5) is 13.7. The topological polar surface area (TPSA) is 58.4 Å². The van der Waals surface area contributed by atoms with E-state index in [1.165, 1.54) is 4.68 Å². The van der Waals surface area contributed by atoms with Gasteiger partial charge >= 0.3 is 0 Å². The highest BCUT2D eigenvalue weighted by molar-refractivity contribution is 5.40. The van der Waals surface area contributed by atoms with Crippen molar-refractivity contribution < 1.29 is 5.11 Å². The Kier molecular flexibility index (Phi) is 4.53. The van der Waals surface area contributed by atoms with Crippen molar-refractivity contribution in [1.29, 1.82) is 0 Å². The summed E-state index contributed by atoms with van der Waals surface area (Å²) in [6, 6.07) is 11.0. The maximum Gasteiger partial charge on any atom is 0.268 e. The lowest BCUT2D eigenvalue weighted by molar-refractivity contribution is 0.158.